The lowest BCUT2D eigenvalue weighted by Gasteiger charge is -2.15. The number of ether oxygens (including phenoxy) is 1. The van der Waals surface area contributed by atoms with Crippen molar-refractivity contribution in [2.75, 3.05) is 11.9 Å². The van der Waals surface area contributed by atoms with Crippen LogP contribution in [-0.4, -0.2) is 37.5 Å². The molecule has 1 atom stereocenters. The monoisotopic (exact) mass is 473 g/mol. The molecular formula is C26H27N5O2S. The maximum Gasteiger partial charge on any atom is 0.237 e. The first-order chi connectivity index (χ1) is 16.5. The lowest BCUT2D eigenvalue weighted by molar-refractivity contribution is -0.115. The number of thioether (sulfide) groups is 1. The quantitative estimate of drug-likeness (QED) is 0.342. The van der Waals surface area contributed by atoms with E-state index in [2.05, 4.69) is 26.6 Å². The van der Waals surface area contributed by atoms with E-state index < -0.39 is 5.25 Å². The van der Waals surface area contributed by atoms with E-state index in [1.165, 1.54) is 11.8 Å². The number of aromatic nitrogens is 4. The van der Waals surface area contributed by atoms with E-state index in [0.717, 1.165) is 33.8 Å². The second-order valence-corrected chi connectivity index (χ2v) is 9.19. The second-order valence-electron chi connectivity index (χ2n) is 7.88. The Kier molecular flexibility index (Phi) is 7.27. The molecular weight excluding hydrogens is 446 g/mol. The molecule has 0 saturated heterocycles. The number of benzene rings is 2. The molecule has 0 radical (unpaired) electrons. The molecule has 0 aliphatic carbocycles. The number of carbonyl (C=O) groups excluding carboxylic acids is 1. The van der Waals surface area contributed by atoms with Crippen LogP contribution in [0.4, 0.5) is 5.69 Å². The number of hydrogen-bond donors (Lipinski definition) is 1. The van der Waals surface area contributed by atoms with Crippen molar-refractivity contribution in [2.24, 2.45) is 0 Å². The van der Waals surface area contributed by atoms with E-state index in [0.29, 0.717) is 17.6 Å². The first kappa shape index (κ1) is 23.5. The highest BCUT2D eigenvalue weighted by molar-refractivity contribution is 8.00. The van der Waals surface area contributed by atoms with Crippen LogP contribution in [0.15, 0.2) is 72.1 Å². The molecule has 174 valence electrons. The van der Waals surface area contributed by atoms with Crippen LogP contribution >= 0.6 is 11.8 Å². The van der Waals surface area contributed by atoms with Gasteiger partial charge in [-0.15, -0.1) is 10.2 Å². The van der Waals surface area contributed by atoms with Crippen LogP contribution in [0.5, 0.6) is 5.75 Å². The molecule has 0 aliphatic rings. The smallest absolute Gasteiger partial charge is 0.237 e. The normalized spacial score (nSPS) is 11.8. The summed E-state index contributed by atoms with van der Waals surface area (Å²) in [6.45, 7) is 8.44. The first-order valence-corrected chi connectivity index (χ1v) is 12.0. The molecule has 2 aromatic carbocycles. The van der Waals surface area contributed by atoms with Crippen molar-refractivity contribution in [1.29, 1.82) is 0 Å². The van der Waals surface area contributed by atoms with Gasteiger partial charge >= 0.3 is 0 Å². The van der Waals surface area contributed by atoms with E-state index >= 15 is 0 Å². The second kappa shape index (κ2) is 10.5. The van der Waals surface area contributed by atoms with Crippen LogP contribution in [0.2, 0.25) is 0 Å². The predicted octanol–water partition coefficient (Wildman–Crippen LogP) is 5.46. The summed E-state index contributed by atoms with van der Waals surface area (Å²) < 4.78 is 7.53. The van der Waals surface area contributed by atoms with Gasteiger partial charge in [-0.25, -0.2) is 0 Å². The van der Waals surface area contributed by atoms with E-state index in [9.17, 15) is 4.79 Å². The van der Waals surface area contributed by atoms with Gasteiger partial charge in [0.05, 0.1) is 11.9 Å². The molecule has 4 rings (SSSR count). The Morgan fingerprint density at radius 3 is 2.59 bits per heavy atom. The van der Waals surface area contributed by atoms with Crippen molar-refractivity contribution in [2.45, 2.75) is 38.1 Å². The highest BCUT2D eigenvalue weighted by Crippen LogP contribution is 2.31. The van der Waals surface area contributed by atoms with Crippen LogP contribution in [0, 0.1) is 13.8 Å². The Labute approximate surface area is 203 Å². The number of rotatable bonds is 8. The molecule has 34 heavy (non-hydrogen) atoms. The molecule has 0 bridgehead atoms. The summed E-state index contributed by atoms with van der Waals surface area (Å²) in [4.78, 5) is 17.2. The topological polar surface area (TPSA) is 81.9 Å². The van der Waals surface area contributed by atoms with Crippen LogP contribution in [0.3, 0.4) is 0 Å². The first-order valence-electron chi connectivity index (χ1n) is 11.1. The summed E-state index contributed by atoms with van der Waals surface area (Å²) in [5.74, 6) is 1.35. The van der Waals surface area contributed by atoms with E-state index in [1.807, 2.05) is 80.8 Å². The molecule has 1 N–H and O–H groups in total. The average Bonchev–Trinajstić information content (AvgIpc) is 3.25. The molecule has 1 unspecified atom stereocenters. The van der Waals surface area contributed by atoms with Crippen molar-refractivity contribution in [3.63, 3.8) is 0 Å². The number of amides is 1. The van der Waals surface area contributed by atoms with E-state index in [4.69, 9.17) is 4.74 Å². The Morgan fingerprint density at radius 2 is 1.91 bits per heavy atom. The summed E-state index contributed by atoms with van der Waals surface area (Å²) in [5, 5.41) is 12.1. The van der Waals surface area contributed by atoms with Gasteiger partial charge in [0.25, 0.3) is 0 Å². The summed E-state index contributed by atoms with van der Waals surface area (Å²) in [5.41, 5.74) is 4.71. The molecule has 0 spiro atoms. The fourth-order valence-electron chi connectivity index (χ4n) is 3.52. The van der Waals surface area contributed by atoms with Gasteiger partial charge < -0.3 is 10.1 Å². The zero-order valence-electron chi connectivity index (χ0n) is 19.6. The fourth-order valence-corrected chi connectivity index (χ4v) is 4.39. The Morgan fingerprint density at radius 1 is 1.12 bits per heavy atom. The molecule has 2 heterocycles. The average molecular weight is 474 g/mol. The van der Waals surface area contributed by atoms with Gasteiger partial charge in [0.1, 0.15) is 5.75 Å². The van der Waals surface area contributed by atoms with Crippen LogP contribution < -0.4 is 10.1 Å². The third-order valence-electron chi connectivity index (χ3n) is 5.25. The van der Waals surface area contributed by atoms with E-state index in [-0.39, 0.29) is 5.91 Å². The fraction of sp³-hybridized carbons (Fsp3) is 0.231. The van der Waals surface area contributed by atoms with Crippen molar-refractivity contribution in [1.82, 2.24) is 19.7 Å². The van der Waals surface area contributed by atoms with Gasteiger partial charge in [0.15, 0.2) is 11.0 Å². The number of nitrogens with one attached hydrogen (secondary N) is 1. The number of pyridine rings is 1. The highest BCUT2D eigenvalue weighted by atomic mass is 32.2. The summed E-state index contributed by atoms with van der Waals surface area (Å²) in [6.07, 6.45) is 3.47. The molecule has 0 saturated carbocycles. The van der Waals surface area contributed by atoms with Crippen LogP contribution in [-0.2, 0) is 4.79 Å². The minimum absolute atomic E-state index is 0.0962. The lowest BCUT2D eigenvalue weighted by atomic mass is 10.1. The van der Waals surface area contributed by atoms with Crippen LogP contribution in [0.1, 0.15) is 25.0 Å². The molecule has 0 fully saturated rings. The number of aryl methyl sites for hydroxylation is 2. The minimum Gasteiger partial charge on any atom is -0.494 e. The number of anilines is 1. The van der Waals surface area contributed by atoms with Crippen LogP contribution in [0.25, 0.3) is 17.1 Å². The molecule has 8 heteroatoms. The van der Waals surface area contributed by atoms with Gasteiger partial charge in [0.2, 0.25) is 5.91 Å². The highest BCUT2D eigenvalue weighted by Gasteiger charge is 2.22. The maximum absolute atomic E-state index is 13.0. The van der Waals surface area contributed by atoms with Gasteiger partial charge in [-0.2, -0.15) is 0 Å². The standard InChI is InChI=1S/C26H27N5O2S/c1-5-33-22-11-9-21(10-12-22)31-24(20-7-6-14-27-16-20)29-30-26(31)34-19(4)25(32)28-23-13-8-17(2)15-18(23)3/h6-16,19H,5H2,1-4H3,(H,28,32). The Bertz CT molecular complexity index is 1270. The Hall–Kier alpha value is -3.65. The number of nitrogens with zero attached hydrogens (tertiary/aromatic N) is 4. The third-order valence-corrected chi connectivity index (χ3v) is 6.29. The molecule has 7 nitrogen and oxygen atoms in total. The number of hydrogen-bond acceptors (Lipinski definition) is 6. The predicted molar refractivity (Wildman–Crippen MR) is 136 cm³/mol. The van der Waals surface area contributed by atoms with Gasteiger partial charge in [0, 0.05) is 29.3 Å². The summed E-state index contributed by atoms with van der Waals surface area (Å²) in [7, 11) is 0. The molecule has 2 aromatic heterocycles. The van der Waals surface area contributed by atoms with Gasteiger partial charge in [-0.1, -0.05) is 29.5 Å². The Balaban J connectivity index is 1.63. The zero-order valence-corrected chi connectivity index (χ0v) is 20.5. The molecule has 0 aliphatic heterocycles. The molecule has 1 amide bonds. The van der Waals surface area contributed by atoms with Gasteiger partial charge in [-0.3, -0.25) is 14.3 Å². The minimum atomic E-state index is -0.395. The molecule has 4 aromatic rings. The van der Waals surface area contributed by atoms with Crippen molar-refractivity contribution in [3.8, 4) is 22.8 Å². The third kappa shape index (κ3) is 5.28. The van der Waals surface area contributed by atoms with Crippen molar-refractivity contribution in [3.05, 3.63) is 78.1 Å². The maximum atomic E-state index is 13.0. The van der Waals surface area contributed by atoms with Crippen molar-refractivity contribution < 1.29 is 9.53 Å². The number of carbonyl (C=O) groups is 1. The largest absolute Gasteiger partial charge is 0.494 e. The summed E-state index contributed by atoms with van der Waals surface area (Å²) in [6, 6.07) is 17.5. The zero-order chi connectivity index (χ0) is 24.1. The summed E-state index contributed by atoms with van der Waals surface area (Å²) >= 11 is 1.36. The van der Waals surface area contributed by atoms with Crippen molar-refractivity contribution >= 4 is 23.4 Å². The SMILES string of the molecule is CCOc1ccc(-n2c(SC(C)C(=O)Nc3ccc(C)cc3C)nnc2-c2cccnc2)cc1. The van der Waals surface area contributed by atoms with E-state index in [1.54, 1.807) is 12.4 Å². The van der Waals surface area contributed by atoms with Gasteiger partial charge in [-0.05, 0) is 75.7 Å². The lowest BCUT2D eigenvalue weighted by Crippen LogP contribution is -2.23.